The maximum atomic E-state index is 12.8. The van der Waals surface area contributed by atoms with Crippen LogP contribution in [0.4, 0.5) is 10.6 Å². The molecule has 2 N–H and O–H groups in total. The third-order valence-corrected chi connectivity index (χ3v) is 6.70. The molecule has 3 aromatic rings. The Morgan fingerprint density at radius 2 is 1.76 bits per heavy atom. The molecule has 11 heteroatoms. The van der Waals surface area contributed by atoms with Gasteiger partial charge >= 0.3 is 12.1 Å². The van der Waals surface area contributed by atoms with Crippen molar-refractivity contribution in [1.29, 1.82) is 0 Å². The Balaban J connectivity index is 1.28. The van der Waals surface area contributed by atoms with Crippen molar-refractivity contribution in [3.8, 4) is 11.1 Å². The molecule has 1 atom stereocenters. The van der Waals surface area contributed by atoms with Gasteiger partial charge in [0.15, 0.2) is 0 Å². The van der Waals surface area contributed by atoms with Crippen LogP contribution in [0.1, 0.15) is 27.5 Å². The summed E-state index contributed by atoms with van der Waals surface area (Å²) in [7, 11) is 0. The quantitative estimate of drug-likeness (QED) is 0.582. The van der Waals surface area contributed by atoms with Crippen LogP contribution >= 0.6 is 11.8 Å². The van der Waals surface area contributed by atoms with Gasteiger partial charge in [-0.05, 0) is 32.6 Å². The van der Waals surface area contributed by atoms with Crippen molar-refractivity contribution < 1.29 is 28.9 Å². The third-order valence-electron chi connectivity index (χ3n) is 5.68. The molecule has 1 aliphatic heterocycles. The molecule has 0 radical (unpaired) electrons. The lowest BCUT2D eigenvalue weighted by Crippen LogP contribution is -2.42. The first kappa shape index (κ1) is 21.0. The summed E-state index contributed by atoms with van der Waals surface area (Å²) in [6.45, 7) is 0.0816. The van der Waals surface area contributed by atoms with Crippen molar-refractivity contribution in [2.24, 2.45) is 0 Å². The molecular weight excluding hydrogens is 448 g/mol. The van der Waals surface area contributed by atoms with Gasteiger partial charge in [0.25, 0.3) is 5.91 Å². The van der Waals surface area contributed by atoms with E-state index in [-0.39, 0.29) is 35.7 Å². The minimum Gasteiger partial charge on any atom is -0.480 e. The molecule has 2 amide bonds. The van der Waals surface area contributed by atoms with Crippen LogP contribution in [0.15, 0.2) is 53.2 Å². The zero-order chi connectivity index (χ0) is 22.9. The van der Waals surface area contributed by atoms with Crippen LogP contribution < -0.4 is 5.32 Å². The van der Waals surface area contributed by atoms with Crippen molar-refractivity contribution >= 4 is 35.5 Å². The molecule has 2 heterocycles. The van der Waals surface area contributed by atoms with Gasteiger partial charge in [-0.1, -0.05) is 48.5 Å². The second kappa shape index (κ2) is 8.58. The molecule has 0 spiro atoms. The number of anilines is 1. The highest BCUT2D eigenvalue weighted by atomic mass is 32.2. The number of carbonyl (C=O) groups excluding carboxylic acids is 2. The Bertz CT molecular complexity index is 1200. The molecule has 0 bridgehead atoms. The van der Waals surface area contributed by atoms with E-state index in [0.29, 0.717) is 0 Å². The largest absolute Gasteiger partial charge is 0.480 e. The van der Waals surface area contributed by atoms with Crippen LogP contribution in [0.25, 0.3) is 11.1 Å². The van der Waals surface area contributed by atoms with Gasteiger partial charge in [-0.2, -0.15) is 0 Å². The van der Waals surface area contributed by atoms with Gasteiger partial charge in [0.1, 0.15) is 12.6 Å². The topological polar surface area (TPSA) is 135 Å². The van der Waals surface area contributed by atoms with Gasteiger partial charge in [-0.15, -0.1) is 11.8 Å². The van der Waals surface area contributed by atoms with E-state index in [1.165, 1.54) is 11.8 Å². The number of benzene rings is 2. The number of nitrogens with zero attached hydrogens (tertiary/aromatic N) is 3. The summed E-state index contributed by atoms with van der Waals surface area (Å²) in [4.78, 5) is 37.8. The van der Waals surface area contributed by atoms with E-state index in [1.54, 1.807) is 0 Å². The predicted octanol–water partition coefficient (Wildman–Crippen LogP) is 3.03. The molecule has 168 valence electrons. The molecule has 0 saturated carbocycles. The first-order valence-electron chi connectivity index (χ1n) is 10.1. The van der Waals surface area contributed by atoms with Crippen LogP contribution in [-0.4, -0.2) is 62.6 Å². The molecule has 2 aromatic carbocycles. The SMILES string of the molecule is O=C(Nc1nonc1C(=O)N1CSC[C@H]1C(=O)O)OCC1c2ccccc2-c2ccccc21. The summed E-state index contributed by atoms with van der Waals surface area (Å²) in [6.07, 6.45) is -0.827. The molecule has 2 aliphatic rings. The number of amides is 2. The molecule has 0 unspecified atom stereocenters. The van der Waals surface area contributed by atoms with E-state index in [1.807, 2.05) is 48.5 Å². The lowest BCUT2D eigenvalue weighted by Gasteiger charge is -2.19. The zero-order valence-electron chi connectivity index (χ0n) is 17.1. The number of hydrogen-bond acceptors (Lipinski definition) is 8. The van der Waals surface area contributed by atoms with E-state index >= 15 is 0 Å². The Labute approximate surface area is 191 Å². The Morgan fingerprint density at radius 1 is 1.09 bits per heavy atom. The molecular formula is C22H18N4O6S. The number of carbonyl (C=O) groups is 3. The fraction of sp³-hybridized carbons (Fsp3) is 0.227. The average molecular weight is 466 g/mol. The highest BCUT2D eigenvalue weighted by Gasteiger charge is 2.38. The molecule has 1 saturated heterocycles. The minimum absolute atomic E-state index is 0.0816. The van der Waals surface area contributed by atoms with Crippen LogP contribution in [0.5, 0.6) is 0 Å². The Hall–Kier alpha value is -3.86. The van der Waals surface area contributed by atoms with Crippen molar-refractivity contribution in [2.75, 3.05) is 23.6 Å². The molecule has 1 fully saturated rings. The Kier molecular flexibility index (Phi) is 5.47. The lowest BCUT2D eigenvalue weighted by atomic mass is 9.98. The maximum absolute atomic E-state index is 12.8. The first-order chi connectivity index (χ1) is 16.0. The molecule has 1 aliphatic carbocycles. The van der Waals surface area contributed by atoms with Gasteiger partial charge in [0.2, 0.25) is 11.5 Å². The van der Waals surface area contributed by atoms with Gasteiger partial charge in [0, 0.05) is 11.7 Å². The summed E-state index contributed by atoms with van der Waals surface area (Å²) >= 11 is 1.31. The van der Waals surface area contributed by atoms with E-state index in [0.717, 1.165) is 27.2 Å². The number of thioether (sulfide) groups is 1. The standard InChI is InChI=1S/C22H18N4O6S/c27-20(26-11-33-10-17(26)21(28)29)18-19(25-32-24-18)23-22(30)31-9-16-14-7-3-1-5-12(14)13-6-2-4-8-15(13)16/h1-8,16-17H,9-11H2,(H,28,29)(H,23,25,30)/t17-/m0/s1. The lowest BCUT2D eigenvalue weighted by molar-refractivity contribution is -0.140. The number of nitrogens with one attached hydrogen (secondary N) is 1. The Morgan fingerprint density at radius 3 is 2.42 bits per heavy atom. The molecule has 33 heavy (non-hydrogen) atoms. The highest BCUT2D eigenvalue weighted by molar-refractivity contribution is 7.99. The highest BCUT2D eigenvalue weighted by Crippen LogP contribution is 2.44. The smallest absolute Gasteiger partial charge is 0.412 e. The third kappa shape index (κ3) is 3.80. The van der Waals surface area contributed by atoms with E-state index in [2.05, 4.69) is 20.3 Å². The molecule has 10 nitrogen and oxygen atoms in total. The van der Waals surface area contributed by atoms with E-state index < -0.39 is 24.0 Å². The van der Waals surface area contributed by atoms with E-state index in [9.17, 15) is 19.5 Å². The summed E-state index contributed by atoms with van der Waals surface area (Å²) in [5.41, 5.74) is 4.06. The van der Waals surface area contributed by atoms with Crippen LogP contribution in [0.3, 0.4) is 0 Å². The maximum Gasteiger partial charge on any atom is 0.412 e. The number of hydrogen-bond donors (Lipinski definition) is 2. The van der Waals surface area contributed by atoms with Crippen molar-refractivity contribution in [2.45, 2.75) is 12.0 Å². The molecule has 1 aromatic heterocycles. The first-order valence-corrected chi connectivity index (χ1v) is 11.3. The summed E-state index contributed by atoms with van der Waals surface area (Å²) in [5.74, 6) is -1.71. The second-order valence-electron chi connectivity index (χ2n) is 7.54. The zero-order valence-corrected chi connectivity index (χ0v) is 17.9. The number of ether oxygens (including phenoxy) is 1. The summed E-state index contributed by atoms with van der Waals surface area (Å²) in [5, 5.41) is 18.8. The number of carboxylic acids is 1. The monoisotopic (exact) mass is 466 g/mol. The van der Waals surface area contributed by atoms with Gasteiger partial charge in [-0.25, -0.2) is 14.2 Å². The number of aliphatic carboxylic acids is 1. The van der Waals surface area contributed by atoms with Crippen LogP contribution in [-0.2, 0) is 9.53 Å². The molecule has 5 rings (SSSR count). The number of aromatic nitrogens is 2. The van der Waals surface area contributed by atoms with Crippen molar-refractivity contribution in [3.05, 3.63) is 65.4 Å². The predicted molar refractivity (Wildman–Crippen MR) is 118 cm³/mol. The number of fused-ring (bicyclic) bond motifs is 3. The number of carboxylic acid groups (broad SMARTS) is 1. The minimum atomic E-state index is -1.11. The normalized spacial score (nSPS) is 16.8. The summed E-state index contributed by atoms with van der Waals surface area (Å²) in [6, 6.07) is 14.9. The fourth-order valence-corrected chi connectivity index (χ4v) is 5.27. The fourth-order valence-electron chi connectivity index (χ4n) is 4.13. The van der Waals surface area contributed by atoms with Crippen LogP contribution in [0.2, 0.25) is 0 Å². The number of rotatable bonds is 5. The summed E-state index contributed by atoms with van der Waals surface area (Å²) < 4.78 is 10.1. The second-order valence-corrected chi connectivity index (χ2v) is 8.54. The van der Waals surface area contributed by atoms with Gasteiger partial charge in [-0.3, -0.25) is 10.1 Å². The van der Waals surface area contributed by atoms with Crippen molar-refractivity contribution in [3.63, 3.8) is 0 Å². The van der Waals surface area contributed by atoms with Gasteiger partial charge < -0.3 is 14.7 Å². The average Bonchev–Trinajstić information content (AvgIpc) is 3.55. The van der Waals surface area contributed by atoms with Crippen LogP contribution in [0, 0.1) is 0 Å². The van der Waals surface area contributed by atoms with Crippen molar-refractivity contribution in [1.82, 2.24) is 15.2 Å². The van der Waals surface area contributed by atoms with Gasteiger partial charge in [0.05, 0.1) is 5.88 Å². The van der Waals surface area contributed by atoms with E-state index in [4.69, 9.17) is 4.74 Å².